The van der Waals surface area contributed by atoms with Gasteiger partial charge >= 0.3 is 0 Å². The Morgan fingerprint density at radius 1 is 1.06 bits per heavy atom. The van der Waals surface area contributed by atoms with Gasteiger partial charge in [0.25, 0.3) is 11.8 Å². The van der Waals surface area contributed by atoms with Crippen LogP contribution in [0.3, 0.4) is 0 Å². The molecule has 2 N–H and O–H groups in total. The zero-order valence-corrected chi connectivity index (χ0v) is 21.7. The molecule has 1 saturated heterocycles. The number of nitrogens with zero attached hydrogens (tertiary/aromatic N) is 2. The molecule has 34 heavy (non-hydrogen) atoms. The molecule has 2 amide bonds. The Hall–Kier alpha value is -2.27. The first-order valence-electron chi connectivity index (χ1n) is 11.6. The van der Waals surface area contributed by atoms with Gasteiger partial charge in [-0.25, -0.2) is 8.42 Å². The van der Waals surface area contributed by atoms with Gasteiger partial charge in [0.1, 0.15) is 5.00 Å². The van der Waals surface area contributed by atoms with Gasteiger partial charge in [0.15, 0.2) is 0 Å². The fourth-order valence-electron chi connectivity index (χ4n) is 4.89. The molecule has 2 aromatic rings. The molecular weight excluding hydrogens is 472 g/mol. The number of amides is 2. The largest absolute Gasteiger partial charge is 0.355 e. The van der Waals surface area contributed by atoms with E-state index in [4.69, 9.17) is 0 Å². The van der Waals surface area contributed by atoms with Crippen molar-refractivity contribution >= 4 is 38.2 Å². The van der Waals surface area contributed by atoms with Crippen LogP contribution in [-0.4, -0.2) is 63.2 Å². The summed E-state index contributed by atoms with van der Waals surface area (Å²) in [4.78, 5) is 29.0. The number of hydrogen-bond donors (Lipinski definition) is 2. The predicted octanol–water partition coefficient (Wildman–Crippen LogP) is 3.01. The molecule has 2 aliphatic heterocycles. The van der Waals surface area contributed by atoms with Crippen LogP contribution in [0.5, 0.6) is 0 Å². The fraction of sp³-hybridized carbons (Fsp3) is 0.500. The minimum Gasteiger partial charge on any atom is -0.355 e. The number of sulfonamides is 1. The zero-order valence-electron chi connectivity index (χ0n) is 20.1. The maximum Gasteiger partial charge on any atom is 0.256 e. The van der Waals surface area contributed by atoms with Crippen molar-refractivity contribution in [2.45, 2.75) is 38.1 Å². The highest BCUT2D eigenvalue weighted by atomic mass is 32.2. The van der Waals surface area contributed by atoms with Crippen molar-refractivity contribution in [3.8, 4) is 0 Å². The molecule has 2 atom stereocenters. The van der Waals surface area contributed by atoms with Crippen LogP contribution in [0.15, 0.2) is 29.2 Å². The quantitative estimate of drug-likeness (QED) is 0.652. The Morgan fingerprint density at radius 2 is 1.71 bits per heavy atom. The van der Waals surface area contributed by atoms with E-state index in [9.17, 15) is 18.0 Å². The van der Waals surface area contributed by atoms with Gasteiger partial charge in [-0.2, -0.15) is 4.31 Å². The van der Waals surface area contributed by atoms with E-state index in [1.807, 2.05) is 7.05 Å². The van der Waals surface area contributed by atoms with Gasteiger partial charge in [0.2, 0.25) is 10.0 Å². The average Bonchev–Trinajstić information content (AvgIpc) is 3.14. The molecule has 4 rings (SSSR count). The molecule has 0 spiro atoms. The van der Waals surface area contributed by atoms with E-state index < -0.39 is 10.0 Å². The van der Waals surface area contributed by atoms with Crippen molar-refractivity contribution in [2.24, 2.45) is 11.8 Å². The lowest BCUT2D eigenvalue weighted by atomic mass is 9.94. The normalized spacial score (nSPS) is 21.6. The molecule has 1 aromatic carbocycles. The van der Waals surface area contributed by atoms with Crippen LogP contribution < -0.4 is 10.6 Å². The van der Waals surface area contributed by atoms with Crippen molar-refractivity contribution in [3.63, 3.8) is 0 Å². The van der Waals surface area contributed by atoms with E-state index in [1.165, 1.54) is 35.6 Å². The van der Waals surface area contributed by atoms with E-state index in [2.05, 4.69) is 29.4 Å². The summed E-state index contributed by atoms with van der Waals surface area (Å²) < 4.78 is 27.8. The molecule has 0 unspecified atom stereocenters. The summed E-state index contributed by atoms with van der Waals surface area (Å²) in [7, 11) is -0.00344. The number of carbonyl (C=O) groups is 2. The number of thiophene rings is 1. The number of likely N-dealkylation sites (N-methyl/N-ethyl adjacent to an activating group) is 1. The summed E-state index contributed by atoms with van der Waals surface area (Å²) in [5.41, 5.74) is 1.85. The van der Waals surface area contributed by atoms with Crippen LogP contribution in [0.1, 0.15) is 51.4 Å². The Labute approximate surface area is 205 Å². The Bertz CT molecular complexity index is 1180. The molecule has 0 saturated carbocycles. The summed E-state index contributed by atoms with van der Waals surface area (Å²) in [6, 6.07) is 6.03. The first-order valence-corrected chi connectivity index (χ1v) is 13.8. The minimum absolute atomic E-state index is 0.186. The molecule has 3 heterocycles. The van der Waals surface area contributed by atoms with E-state index in [0.717, 1.165) is 36.4 Å². The third-order valence-corrected chi connectivity index (χ3v) is 9.50. The first kappa shape index (κ1) is 24.8. The molecule has 2 aliphatic rings. The van der Waals surface area contributed by atoms with E-state index in [0.29, 0.717) is 41.1 Å². The third kappa shape index (κ3) is 4.91. The first-order chi connectivity index (χ1) is 16.1. The lowest BCUT2D eigenvalue weighted by Crippen LogP contribution is -2.42. The minimum atomic E-state index is -3.61. The highest BCUT2D eigenvalue weighted by molar-refractivity contribution is 7.89. The molecule has 184 valence electrons. The van der Waals surface area contributed by atoms with Gasteiger partial charge < -0.3 is 15.5 Å². The summed E-state index contributed by atoms with van der Waals surface area (Å²) >= 11 is 1.42. The lowest BCUT2D eigenvalue weighted by Gasteiger charge is -2.34. The molecular formula is C24H32N4O4S2. The van der Waals surface area contributed by atoms with Gasteiger partial charge in [-0.15, -0.1) is 11.3 Å². The molecule has 1 fully saturated rings. The van der Waals surface area contributed by atoms with E-state index in [-0.39, 0.29) is 16.7 Å². The van der Waals surface area contributed by atoms with Crippen LogP contribution in [0.4, 0.5) is 5.00 Å². The van der Waals surface area contributed by atoms with Crippen LogP contribution in [-0.2, 0) is 23.0 Å². The smallest absolute Gasteiger partial charge is 0.256 e. The van der Waals surface area contributed by atoms with Crippen LogP contribution in [0, 0.1) is 11.8 Å². The Kier molecular flexibility index (Phi) is 7.14. The van der Waals surface area contributed by atoms with E-state index in [1.54, 1.807) is 11.4 Å². The second kappa shape index (κ2) is 9.77. The van der Waals surface area contributed by atoms with Crippen LogP contribution >= 0.6 is 11.3 Å². The Balaban J connectivity index is 1.54. The number of anilines is 1. The standard InChI is InChI=1S/C24H32N4O4S2/c1-15-11-16(2)13-28(12-15)34(31,32)18-7-5-17(6-8-18)22(29)26-24-21(23(30)25-3)19-9-10-27(4)14-20(19)33-24/h5-8,15-16H,9-14H2,1-4H3,(H,25,30)(H,26,29)/t15-,16+. The average molecular weight is 505 g/mol. The highest BCUT2D eigenvalue weighted by Crippen LogP contribution is 2.37. The van der Waals surface area contributed by atoms with Crippen molar-refractivity contribution in [2.75, 3.05) is 39.0 Å². The lowest BCUT2D eigenvalue weighted by molar-refractivity contribution is 0.0962. The number of fused-ring (bicyclic) bond motifs is 1. The summed E-state index contributed by atoms with van der Waals surface area (Å²) in [6.45, 7) is 6.74. The molecule has 1 aromatic heterocycles. The van der Waals surface area contributed by atoms with Gasteiger partial charge in [0.05, 0.1) is 10.5 Å². The number of piperidine rings is 1. The Morgan fingerprint density at radius 3 is 2.32 bits per heavy atom. The topological polar surface area (TPSA) is 98.8 Å². The number of nitrogens with one attached hydrogen (secondary N) is 2. The molecule has 8 nitrogen and oxygen atoms in total. The molecule has 10 heteroatoms. The van der Waals surface area contributed by atoms with E-state index >= 15 is 0 Å². The van der Waals surface area contributed by atoms with Gasteiger partial charge in [0, 0.05) is 43.7 Å². The number of benzene rings is 1. The zero-order chi connectivity index (χ0) is 24.6. The summed E-state index contributed by atoms with van der Waals surface area (Å²) in [5, 5.41) is 6.09. The number of carbonyl (C=O) groups excluding carboxylic acids is 2. The fourth-order valence-corrected chi connectivity index (χ4v) is 7.89. The van der Waals surface area contributed by atoms with Crippen LogP contribution in [0.25, 0.3) is 0 Å². The molecule has 0 aliphatic carbocycles. The monoisotopic (exact) mass is 504 g/mol. The molecule has 0 radical (unpaired) electrons. The molecule has 0 bridgehead atoms. The highest BCUT2D eigenvalue weighted by Gasteiger charge is 2.32. The summed E-state index contributed by atoms with van der Waals surface area (Å²) in [6.07, 6.45) is 1.77. The van der Waals surface area contributed by atoms with Crippen molar-refractivity contribution in [1.82, 2.24) is 14.5 Å². The van der Waals surface area contributed by atoms with Crippen molar-refractivity contribution in [3.05, 3.63) is 45.8 Å². The second-order valence-electron chi connectivity index (χ2n) is 9.52. The van der Waals surface area contributed by atoms with Gasteiger partial charge in [-0.3, -0.25) is 9.59 Å². The maximum atomic E-state index is 13.1. The SMILES string of the molecule is CNC(=O)c1c(NC(=O)c2ccc(S(=O)(=O)N3C[C@H](C)C[C@H](C)C3)cc2)sc2c1CCN(C)C2. The van der Waals surface area contributed by atoms with Crippen molar-refractivity contribution < 1.29 is 18.0 Å². The number of rotatable bonds is 5. The second-order valence-corrected chi connectivity index (χ2v) is 12.6. The van der Waals surface area contributed by atoms with Gasteiger partial charge in [-0.1, -0.05) is 13.8 Å². The predicted molar refractivity (Wildman–Crippen MR) is 134 cm³/mol. The third-order valence-electron chi connectivity index (χ3n) is 6.52. The maximum absolute atomic E-state index is 13.1. The summed E-state index contributed by atoms with van der Waals surface area (Å²) in [5.74, 6) is 0.0362. The number of hydrogen-bond acceptors (Lipinski definition) is 6. The van der Waals surface area contributed by atoms with Gasteiger partial charge in [-0.05, 0) is 61.6 Å². The van der Waals surface area contributed by atoms with Crippen LogP contribution in [0.2, 0.25) is 0 Å². The van der Waals surface area contributed by atoms with Crippen molar-refractivity contribution in [1.29, 1.82) is 0 Å².